The fourth-order valence-corrected chi connectivity index (χ4v) is 2.01. The van der Waals surface area contributed by atoms with Crippen molar-refractivity contribution < 1.29 is 22.7 Å². The monoisotopic (exact) mass is 322 g/mol. The van der Waals surface area contributed by atoms with Crippen molar-refractivity contribution in [1.82, 2.24) is 0 Å². The molecule has 0 aliphatic carbocycles. The van der Waals surface area contributed by atoms with Gasteiger partial charge in [-0.05, 0) is 41.3 Å². The van der Waals surface area contributed by atoms with Gasteiger partial charge in [0.05, 0.1) is 11.1 Å². The van der Waals surface area contributed by atoms with Gasteiger partial charge in [-0.1, -0.05) is 39.0 Å². The van der Waals surface area contributed by atoms with Crippen molar-refractivity contribution in [2.45, 2.75) is 32.4 Å². The van der Waals surface area contributed by atoms with Crippen LogP contribution in [0.3, 0.4) is 0 Å². The summed E-state index contributed by atoms with van der Waals surface area (Å²) in [6.45, 7) is 6.16. The molecule has 0 amide bonds. The molecular weight excluding hydrogens is 305 g/mol. The molecule has 0 saturated carbocycles. The molecule has 2 rings (SSSR count). The second kappa shape index (κ2) is 6.07. The highest BCUT2D eigenvalue weighted by molar-refractivity contribution is 5.91. The van der Waals surface area contributed by atoms with Crippen LogP contribution in [0.1, 0.15) is 42.3 Å². The van der Waals surface area contributed by atoms with Gasteiger partial charge >= 0.3 is 12.1 Å². The molecule has 0 N–H and O–H groups in total. The molecule has 0 bridgehead atoms. The zero-order valence-corrected chi connectivity index (χ0v) is 13.1. The third-order valence-electron chi connectivity index (χ3n) is 3.36. The first-order valence-electron chi connectivity index (χ1n) is 7.07. The summed E-state index contributed by atoms with van der Waals surface area (Å²) in [5.41, 5.74) is 0.00922. The molecule has 5 heteroatoms. The van der Waals surface area contributed by atoms with E-state index in [0.29, 0.717) is 5.75 Å². The SMILES string of the molecule is CC(C)(C)c1ccc(OC(=O)c2cccc(C(F)(F)F)c2)cc1. The van der Waals surface area contributed by atoms with E-state index in [0.717, 1.165) is 17.7 Å². The molecular formula is C18H17F3O2. The minimum atomic E-state index is -4.50. The lowest BCUT2D eigenvalue weighted by Gasteiger charge is -2.19. The van der Waals surface area contributed by atoms with Crippen LogP contribution >= 0.6 is 0 Å². The van der Waals surface area contributed by atoms with Gasteiger partial charge in [0.2, 0.25) is 0 Å². The molecule has 0 aliphatic rings. The average molecular weight is 322 g/mol. The topological polar surface area (TPSA) is 26.3 Å². The van der Waals surface area contributed by atoms with Gasteiger partial charge in [0.15, 0.2) is 0 Å². The van der Waals surface area contributed by atoms with Crippen LogP contribution in [-0.4, -0.2) is 5.97 Å². The average Bonchev–Trinajstić information content (AvgIpc) is 2.46. The van der Waals surface area contributed by atoms with Crippen molar-refractivity contribution in [3.8, 4) is 5.75 Å². The zero-order chi connectivity index (χ0) is 17.3. The summed E-state index contributed by atoms with van der Waals surface area (Å²) in [7, 11) is 0. The minimum Gasteiger partial charge on any atom is -0.423 e. The Balaban J connectivity index is 2.16. The summed E-state index contributed by atoms with van der Waals surface area (Å²) in [6, 6.07) is 11.1. The lowest BCUT2D eigenvalue weighted by Crippen LogP contribution is -2.13. The Kier molecular flexibility index (Phi) is 4.50. The molecule has 0 fully saturated rings. The first kappa shape index (κ1) is 17.1. The van der Waals surface area contributed by atoms with Crippen molar-refractivity contribution in [3.63, 3.8) is 0 Å². The number of hydrogen-bond donors (Lipinski definition) is 0. The second-order valence-corrected chi connectivity index (χ2v) is 6.24. The number of rotatable bonds is 2. The van der Waals surface area contributed by atoms with E-state index in [1.807, 2.05) is 12.1 Å². The van der Waals surface area contributed by atoms with E-state index in [1.54, 1.807) is 12.1 Å². The molecule has 23 heavy (non-hydrogen) atoms. The molecule has 0 aliphatic heterocycles. The van der Waals surface area contributed by atoms with Gasteiger partial charge in [0, 0.05) is 0 Å². The predicted octanol–water partition coefficient (Wildman–Crippen LogP) is 5.22. The molecule has 2 aromatic rings. The summed E-state index contributed by atoms with van der Waals surface area (Å²) in [5, 5.41) is 0. The van der Waals surface area contributed by atoms with Crippen molar-refractivity contribution in [3.05, 3.63) is 65.2 Å². The van der Waals surface area contributed by atoms with E-state index in [9.17, 15) is 18.0 Å². The Labute approximate surface area is 132 Å². The maximum Gasteiger partial charge on any atom is 0.416 e. The highest BCUT2D eigenvalue weighted by Crippen LogP contribution is 2.30. The number of benzene rings is 2. The largest absolute Gasteiger partial charge is 0.423 e. The lowest BCUT2D eigenvalue weighted by atomic mass is 9.87. The van der Waals surface area contributed by atoms with Gasteiger partial charge in [-0.25, -0.2) is 4.79 Å². The van der Waals surface area contributed by atoms with Gasteiger partial charge in [0.25, 0.3) is 0 Å². The molecule has 0 heterocycles. The smallest absolute Gasteiger partial charge is 0.416 e. The quantitative estimate of drug-likeness (QED) is 0.559. The molecule has 0 radical (unpaired) electrons. The first-order valence-corrected chi connectivity index (χ1v) is 7.07. The van der Waals surface area contributed by atoms with E-state index in [2.05, 4.69) is 20.8 Å². The summed E-state index contributed by atoms with van der Waals surface area (Å²) < 4.78 is 43.1. The number of hydrogen-bond acceptors (Lipinski definition) is 2. The van der Waals surface area contributed by atoms with E-state index >= 15 is 0 Å². The summed E-state index contributed by atoms with van der Waals surface area (Å²) in [4.78, 5) is 12.0. The molecule has 122 valence electrons. The highest BCUT2D eigenvalue weighted by atomic mass is 19.4. The van der Waals surface area contributed by atoms with Gasteiger partial charge in [-0.3, -0.25) is 0 Å². The molecule has 0 unspecified atom stereocenters. The van der Waals surface area contributed by atoms with Crippen molar-refractivity contribution in [1.29, 1.82) is 0 Å². The fourth-order valence-electron chi connectivity index (χ4n) is 2.01. The van der Waals surface area contributed by atoms with Crippen LogP contribution in [0.2, 0.25) is 0 Å². The Morgan fingerprint density at radius 2 is 1.52 bits per heavy atom. The van der Waals surface area contributed by atoms with Crippen molar-refractivity contribution in [2.75, 3.05) is 0 Å². The molecule has 0 spiro atoms. The molecule has 0 aromatic heterocycles. The van der Waals surface area contributed by atoms with Gasteiger partial charge in [-0.15, -0.1) is 0 Å². The van der Waals surface area contributed by atoms with E-state index in [4.69, 9.17) is 4.74 Å². The molecule has 0 saturated heterocycles. The number of halogens is 3. The van der Waals surface area contributed by atoms with Crippen LogP contribution in [0, 0.1) is 0 Å². The van der Waals surface area contributed by atoms with Crippen LogP contribution < -0.4 is 4.74 Å². The second-order valence-electron chi connectivity index (χ2n) is 6.24. The van der Waals surface area contributed by atoms with Gasteiger partial charge in [0.1, 0.15) is 5.75 Å². The summed E-state index contributed by atoms with van der Waals surface area (Å²) >= 11 is 0. The number of carbonyl (C=O) groups is 1. The Hall–Kier alpha value is -2.30. The molecule has 2 aromatic carbocycles. The Bertz CT molecular complexity index is 695. The van der Waals surface area contributed by atoms with Crippen LogP contribution in [0.4, 0.5) is 13.2 Å². The Morgan fingerprint density at radius 3 is 2.04 bits per heavy atom. The zero-order valence-electron chi connectivity index (χ0n) is 13.1. The van der Waals surface area contributed by atoms with Crippen molar-refractivity contribution in [2.24, 2.45) is 0 Å². The maximum absolute atomic E-state index is 12.7. The number of ether oxygens (including phenoxy) is 1. The van der Waals surface area contributed by atoms with Crippen molar-refractivity contribution >= 4 is 5.97 Å². The van der Waals surface area contributed by atoms with Gasteiger partial charge in [-0.2, -0.15) is 13.2 Å². The van der Waals surface area contributed by atoms with Crippen LogP contribution in [0.5, 0.6) is 5.75 Å². The number of alkyl halides is 3. The molecule has 0 atom stereocenters. The normalized spacial score (nSPS) is 12.1. The lowest BCUT2D eigenvalue weighted by molar-refractivity contribution is -0.137. The summed E-state index contributed by atoms with van der Waals surface area (Å²) in [6.07, 6.45) is -4.50. The maximum atomic E-state index is 12.7. The minimum absolute atomic E-state index is 0.0381. The van der Waals surface area contributed by atoms with E-state index in [1.165, 1.54) is 12.1 Å². The summed E-state index contributed by atoms with van der Waals surface area (Å²) in [5.74, 6) is -0.528. The Morgan fingerprint density at radius 1 is 0.913 bits per heavy atom. The third-order valence-corrected chi connectivity index (χ3v) is 3.36. The van der Waals surface area contributed by atoms with Crippen LogP contribution in [0.15, 0.2) is 48.5 Å². The predicted molar refractivity (Wildman–Crippen MR) is 81.5 cm³/mol. The molecule has 2 nitrogen and oxygen atoms in total. The van der Waals surface area contributed by atoms with E-state index in [-0.39, 0.29) is 11.0 Å². The highest BCUT2D eigenvalue weighted by Gasteiger charge is 2.31. The third kappa shape index (κ3) is 4.34. The number of carbonyl (C=O) groups excluding carboxylic acids is 1. The van der Waals surface area contributed by atoms with Gasteiger partial charge < -0.3 is 4.74 Å². The van der Waals surface area contributed by atoms with E-state index < -0.39 is 17.7 Å². The van der Waals surface area contributed by atoms with Crippen LogP contribution in [-0.2, 0) is 11.6 Å². The number of esters is 1. The first-order chi connectivity index (χ1) is 10.6. The standard InChI is InChI=1S/C18H17F3O2/c1-17(2,3)13-7-9-15(10-8-13)23-16(22)12-5-4-6-14(11-12)18(19,20)21/h4-11H,1-3H3. The van der Waals surface area contributed by atoms with Crippen LogP contribution in [0.25, 0.3) is 0 Å². The fraction of sp³-hybridized carbons (Fsp3) is 0.278.